The van der Waals surface area contributed by atoms with E-state index in [4.69, 9.17) is 12.3 Å². The van der Waals surface area contributed by atoms with Gasteiger partial charge in [0.05, 0.1) is 12.3 Å². The van der Waals surface area contributed by atoms with Gasteiger partial charge in [0.1, 0.15) is 0 Å². The summed E-state index contributed by atoms with van der Waals surface area (Å²) < 4.78 is 77.5. The predicted octanol–water partition coefficient (Wildman–Crippen LogP) is 9.63. The standard InChI is InChI=1S/C34H22/c1-2-11-25(12-3-1)33-28-14-6-8-16-30(28)34(31-17-9-7-15-29(31)33)26-21-20-24-19-18-23-10-4-5-13-27(23)32(24)22-26/h1-22H/i1D,2D,3D,6D,8D,11D,12D,14D,16D. The maximum Gasteiger partial charge on any atom is 0.0629 e. The van der Waals surface area contributed by atoms with E-state index >= 15 is 0 Å². The van der Waals surface area contributed by atoms with E-state index in [1.165, 1.54) is 0 Å². The van der Waals surface area contributed by atoms with E-state index in [1.54, 1.807) is 12.1 Å². The van der Waals surface area contributed by atoms with Crippen LogP contribution in [0.1, 0.15) is 12.3 Å². The first-order valence-corrected chi connectivity index (χ1v) is 11.1. The third-order valence-corrected chi connectivity index (χ3v) is 6.44. The van der Waals surface area contributed by atoms with Crippen molar-refractivity contribution in [3.05, 3.63) is 133 Å². The van der Waals surface area contributed by atoms with Crippen LogP contribution in [0.25, 0.3) is 65.3 Å². The average Bonchev–Trinajstić information content (AvgIpc) is 3.03. The zero-order valence-corrected chi connectivity index (χ0v) is 18.0. The summed E-state index contributed by atoms with van der Waals surface area (Å²) in [5.41, 5.74) is 1.41. The van der Waals surface area contributed by atoms with Crippen LogP contribution in [0.5, 0.6) is 0 Å². The highest BCUT2D eigenvalue weighted by atomic mass is 14.2. The summed E-state index contributed by atoms with van der Waals surface area (Å²) in [7, 11) is 0. The van der Waals surface area contributed by atoms with Crippen molar-refractivity contribution < 1.29 is 12.3 Å². The lowest BCUT2D eigenvalue weighted by Gasteiger charge is -2.18. The minimum absolute atomic E-state index is 0.103. The SMILES string of the molecule is [2H]c1c([2H])c([2H])c(-c2c3ccccc3c(-c3ccc4ccc5ccccc5c4c3)c3c([2H])c([2H])c([2H])c([2H])c23)c([2H])c1[2H]. The van der Waals surface area contributed by atoms with Crippen LogP contribution in [-0.4, -0.2) is 0 Å². The van der Waals surface area contributed by atoms with Gasteiger partial charge in [-0.1, -0.05) is 127 Å². The molecule has 0 radical (unpaired) electrons. The molecule has 0 heteroatoms. The molecule has 34 heavy (non-hydrogen) atoms. The molecule has 0 aliphatic carbocycles. The van der Waals surface area contributed by atoms with Gasteiger partial charge in [0.15, 0.2) is 0 Å². The summed E-state index contributed by atoms with van der Waals surface area (Å²) in [4.78, 5) is 0. The van der Waals surface area contributed by atoms with Crippen LogP contribution < -0.4 is 0 Å². The van der Waals surface area contributed by atoms with Crippen LogP contribution >= 0.6 is 0 Å². The number of hydrogen-bond acceptors (Lipinski definition) is 0. The van der Waals surface area contributed by atoms with Gasteiger partial charge in [0.25, 0.3) is 0 Å². The Kier molecular flexibility index (Phi) is 2.71. The van der Waals surface area contributed by atoms with Crippen molar-refractivity contribution >= 4 is 43.1 Å². The molecule has 0 heterocycles. The fourth-order valence-electron chi connectivity index (χ4n) is 4.97. The zero-order chi connectivity index (χ0) is 30.3. The molecule has 7 aromatic carbocycles. The zero-order valence-electron chi connectivity index (χ0n) is 27.0. The minimum Gasteiger partial charge on any atom is -0.0622 e. The largest absolute Gasteiger partial charge is 0.0629 e. The third-order valence-electron chi connectivity index (χ3n) is 6.44. The molecule has 0 amide bonds. The van der Waals surface area contributed by atoms with E-state index in [0.29, 0.717) is 16.3 Å². The maximum atomic E-state index is 9.08. The average molecular weight is 440 g/mol. The molecule has 0 bridgehead atoms. The van der Waals surface area contributed by atoms with Gasteiger partial charge in [-0.15, -0.1) is 0 Å². The summed E-state index contributed by atoms with van der Waals surface area (Å²) in [6.07, 6.45) is 0. The Bertz CT molecular complexity index is 2310. The van der Waals surface area contributed by atoms with E-state index in [1.807, 2.05) is 60.7 Å². The predicted molar refractivity (Wildman–Crippen MR) is 147 cm³/mol. The van der Waals surface area contributed by atoms with Gasteiger partial charge in [-0.25, -0.2) is 0 Å². The lowest BCUT2D eigenvalue weighted by molar-refractivity contribution is 1.66. The number of rotatable bonds is 2. The summed E-state index contributed by atoms with van der Waals surface area (Å²) in [5, 5.41) is 5.63. The molecule has 0 fully saturated rings. The molecule has 0 spiro atoms. The van der Waals surface area contributed by atoms with Crippen molar-refractivity contribution in [2.45, 2.75) is 0 Å². The molecule has 0 saturated heterocycles. The topological polar surface area (TPSA) is 0 Å². The fraction of sp³-hybridized carbons (Fsp3) is 0. The summed E-state index contributed by atoms with van der Waals surface area (Å²) in [6, 6.07) is 21.4. The molecule has 0 nitrogen and oxygen atoms in total. The first-order valence-electron chi connectivity index (χ1n) is 15.6. The van der Waals surface area contributed by atoms with Gasteiger partial charge < -0.3 is 0 Å². The first kappa shape index (κ1) is 12.2. The molecular weight excluding hydrogens is 408 g/mol. The van der Waals surface area contributed by atoms with Crippen molar-refractivity contribution in [3.8, 4) is 22.3 Å². The molecule has 7 rings (SSSR count). The Labute approximate surface area is 211 Å². The van der Waals surface area contributed by atoms with Gasteiger partial charge in [-0.05, 0) is 71.4 Å². The van der Waals surface area contributed by atoms with E-state index < -0.39 is 42.3 Å². The third kappa shape index (κ3) is 2.86. The Balaban J connectivity index is 1.75. The van der Waals surface area contributed by atoms with Crippen LogP contribution in [0, 0.1) is 0 Å². The molecule has 7 aromatic rings. The van der Waals surface area contributed by atoms with Gasteiger partial charge in [-0.3, -0.25) is 0 Å². The monoisotopic (exact) mass is 439 g/mol. The van der Waals surface area contributed by atoms with Crippen LogP contribution in [0.15, 0.2) is 133 Å². The maximum absolute atomic E-state index is 9.08. The molecule has 0 atom stereocenters. The van der Waals surface area contributed by atoms with E-state index in [2.05, 4.69) is 6.07 Å². The van der Waals surface area contributed by atoms with E-state index in [9.17, 15) is 0 Å². The Hall–Kier alpha value is -4.42. The van der Waals surface area contributed by atoms with Crippen LogP contribution in [0.3, 0.4) is 0 Å². The molecular formula is C34H22. The van der Waals surface area contributed by atoms with Crippen LogP contribution in [0.2, 0.25) is 0 Å². The summed E-state index contributed by atoms with van der Waals surface area (Å²) >= 11 is 0. The highest BCUT2D eigenvalue weighted by Gasteiger charge is 2.16. The van der Waals surface area contributed by atoms with Crippen molar-refractivity contribution in [1.82, 2.24) is 0 Å². The summed E-state index contributed by atoms with van der Waals surface area (Å²) in [5.74, 6) is 0. The molecule has 158 valence electrons. The minimum atomic E-state index is -0.533. The van der Waals surface area contributed by atoms with Crippen LogP contribution in [-0.2, 0) is 0 Å². The second-order valence-corrected chi connectivity index (χ2v) is 8.27. The molecule has 0 aliphatic heterocycles. The van der Waals surface area contributed by atoms with Gasteiger partial charge >= 0.3 is 0 Å². The molecule has 0 unspecified atom stereocenters. The smallest absolute Gasteiger partial charge is 0.0622 e. The highest BCUT2D eigenvalue weighted by molar-refractivity contribution is 6.22. The number of fused-ring (bicyclic) bond motifs is 5. The Morgan fingerprint density at radius 2 is 0.912 bits per heavy atom. The van der Waals surface area contributed by atoms with Crippen molar-refractivity contribution in [2.75, 3.05) is 0 Å². The van der Waals surface area contributed by atoms with E-state index in [-0.39, 0.29) is 34.0 Å². The lowest BCUT2D eigenvalue weighted by Crippen LogP contribution is -1.91. The quantitative estimate of drug-likeness (QED) is 0.186. The first-order chi connectivity index (χ1) is 20.6. The lowest BCUT2D eigenvalue weighted by atomic mass is 9.85. The van der Waals surface area contributed by atoms with Crippen molar-refractivity contribution in [1.29, 1.82) is 0 Å². The molecule has 0 aromatic heterocycles. The molecule has 0 aliphatic rings. The second kappa shape index (κ2) is 7.57. The van der Waals surface area contributed by atoms with Crippen molar-refractivity contribution in [3.63, 3.8) is 0 Å². The van der Waals surface area contributed by atoms with Gasteiger partial charge in [-0.2, -0.15) is 0 Å². The molecule has 0 N–H and O–H groups in total. The van der Waals surface area contributed by atoms with Crippen LogP contribution in [0.4, 0.5) is 0 Å². The van der Waals surface area contributed by atoms with Gasteiger partial charge in [0, 0.05) is 0 Å². The van der Waals surface area contributed by atoms with E-state index in [0.717, 1.165) is 27.1 Å². The Morgan fingerprint density at radius 1 is 0.382 bits per heavy atom. The number of benzene rings is 7. The second-order valence-electron chi connectivity index (χ2n) is 8.27. The van der Waals surface area contributed by atoms with Gasteiger partial charge in [0.2, 0.25) is 0 Å². The number of hydrogen-bond donors (Lipinski definition) is 0. The molecule has 0 saturated carbocycles. The normalized spacial score (nSPS) is 15.2. The Morgan fingerprint density at radius 3 is 1.62 bits per heavy atom. The van der Waals surface area contributed by atoms with Crippen molar-refractivity contribution in [2.24, 2.45) is 0 Å². The summed E-state index contributed by atoms with van der Waals surface area (Å²) in [6.45, 7) is 0. The fourth-order valence-corrected chi connectivity index (χ4v) is 4.97. The highest BCUT2D eigenvalue weighted by Crippen LogP contribution is 2.44.